The van der Waals surface area contributed by atoms with Crippen molar-refractivity contribution in [3.63, 3.8) is 0 Å². The number of aromatic nitrogens is 2. The number of hydrogen-bond acceptors (Lipinski definition) is 4. The highest BCUT2D eigenvalue weighted by molar-refractivity contribution is 6.32. The fourth-order valence-electron chi connectivity index (χ4n) is 1.57. The Hall–Kier alpha value is -1.95. The van der Waals surface area contributed by atoms with E-state index in [-0.39, 0.29) is 0 Å². The zero-order valence-electron chi connectivity index (χ0n) is 10.1. The minimum absolute atomic E-state index is 0.387. The second-order valence-electron chi connectivity index (χ2n) is 3.56. The molecule has 1 aromatic carbocycles. The third-order valence-corrected chi connectivity index (χ3v) is 2.85. The van der Waals surface area contributed by atoms with Crippen molar-refractivity contribution in [1.82, 2.24) is 5.27 Å². The maximum Gasteiger partial charge on any atom is 0.430 e. The number of rotatable bonds is 3. The molecule has 1 heterocycles. The number of benzene rings is 1. The van der Waals surface area contributed by atoms with Crippen molar-refractivity contribution in [2.24, 2.45) is 0 Å². The van der Waals surface area contributed by atoms with Crippen molar-refractivity contribution in [3.8, 4) is 17.2 Å². The number of hydrogen-bond donors (Lipinski definition) is 1. The number of H-pyrrole nitrogens is 1. The molecular weight excluding hydrogens is 260 g/mol. The largest absolute Gasteiger partial charge is 0.495 e. The van der Waals surface area contributed by atoms with Crippen molar-refractivity contribution >= 4 is 11.6 Å². The minimum atomic E-state index is -0.453. The average Bonchev–Trinajstić information content (AvgIpc) is 2.70. The van der Waals surface area contributed by atoms with Gasteiger partial charge in [-0.3, -0.25) is 4.52 Å². The van der Waals surface area contributed by atoms with Gasteiger partial charge in [0.05, 0.1) is 25.3 Å². The summed E-state index contributed by atoms with van der Waals surface area (Å²) in [5.41, 5.74) is 0.505. The van der Waals surface area contributed by atoms with Crippen LogP contribution in [0.1, 0.15) is 5.69 Å². The normalized spacial score (nSPS) is 10.4. The zero-order chi connectivity index (χ0) is 13.3. The molecule has 0 bridgehead atoms. The van der Waals surface area contributed by atoms with E-state index < -0.39 is 5.63 Å². The molecule has 0 aliphatic carbocycles. The van der Waals surface area contributed by atoms with Gasteiger partial charge in [0.25, 0.3) is 11.4 Å². The SMILES string of the molecule is COc1cc(-[n+]2[nH]oc(=O)c2C)c(OC)cc1Cl. The van der Waals surface area contributed by atoms with Gasteiger partial charge in [-0.15, -0.1) is 0 Å². The lowest BCUT2D eigenvalue weighted by Gasteiger charge is -2.06. The molecule has 2 rings (SSSR count). The van der Waals surface area contributed by atoms with Crippen LogP contribution in [-0.2, 0) is 0 Å². The van der Waals surface area contributed by atoms with Gasteiger partial charge in [0.1, 0.15) is 5.75 Å². The van der Waals surface area contributed by atoms with Crippen LogP contribution in [0.4, 0.5) is 0 Å². The first kappa shape index (κ1) is 12.5. The molecule has 0 spiro atoms. The Kier molecular flexibility index (Phi) is 3.29. The van der Waals surface area contributed by atoms with Gasteiger partial charge in [0.15, 0.2) is 5.75 Å². The van der Waals surface area contributed by atoms with Crippen molar-refractivity contribution in [2.45, 2.75) is 6.92 Å². The minimum Gasteiger partial charge on any atom is -0.495 e. The second-order valence-corrected chi connectivity index (χ2v) is 3.97. The van der Waals surface area contributed by atoms with Gasteiger partial charge in [0.2, 0.25) is 0 Å². The first-order valence-electron chi connectivity index (χ1n) is 5.10. The Bertz CT molecular complexity index is 632. The fourth-order valence-corrected chi connectivity index (χ4v) is 1.80. The highest BCUT2D eigenvalue weighted by Crippen LogP contribution is 2.32. The summed E-state index contributed by atoms with van der Waals surface area (Å²) >= 11 is 6.00. The summed E-state index contributed by atoms with van der Waals surface area (Å²) in [7, 11) is 3.02. The third kappa shape index (κ3) is 1.95. The maximum atomic E-state index is 11.3. The lowest BCUT2D eigenvalue weighted by Crippen LogP contribution is -2.37. The van der Waals surface area contributed by atoms with Crippen molar-refractivity contribution in [1.29, 1.82) is 0 Å². The highest BCUT2D eigenvalue weighted by atomic mass is 35.5. The van der Waals surface area contributed by atoms with Crippen molar-refractivity contribution < 1.29 is 18.7 Å². The Balaban J connectivity index is 2.69. The van der Waals surface area contributed by atoms with E-state index >= 15 is 0 Å². The molecule has 0 aliphatic heterocycles. The van der Waals surface area contributed by atoms with E-state index in [2.05, 4.69) is 5.27 Å². The van der Waals surface area contributed by atoms with E-state index in [0.29, 0.717) is 27.9 Å². The molecule has 0 saturated carbocycles. The van der Waals surface area contributed by atoms with E-state index in [1.54, 1.807) is 19.1 Å². The van der Waals surface area contributed by atoms with E-state index in [0.717, 1.165) is 0 Å². The average molecular weight is 272 g/mol. The Morgan fingerprint density at radius 3 is 2.44 bits per heavy atom. The summed E-state index contributed by atoms with van der Waals surface area (Å²) in [5.74, 6) is 0.965. The van der Waals surface area contributed by atoms with E-state index in [1.807, 2.05) is 0 Å². The molecule has 6 nitrogen and oxygen atoms in total. The molecule has 0 unspecified atom stereocenters. The van der Waals surface area contributed by atoms with Crippen LogP contribution >= 0.6 is 11.6 Å². The Morgan fingerprint density at radius 2 is 1.94 bits per heavy atom. The van der Waals surface area contributed by atoms with Crippen LogP contribution < -0.4 is 19.8 Å². The summed E-state index contributed by atoms with van der Waals surface area (Å²) in [6.07, 6.45) is 0. The molecule has 7 heteroatoms. The van der Waals surface area contributed by atoms with Crippen molar-refractivity contribution in [3.05, 3.63) is 33.3 Å². The number of nitrogens with zero attached hydrogens (tertiary/aromatic N) is 1. The molecule has 2 aromatic rings. The third-order valence-electron chi connectivity index (χ3n) is 2.55. The smallest absolute Gasteiger partial charge is 0.430 e. The van der Waals surface area contributed by atoms with Crippen LogP contribution in [0, 0.1) is 6.92 Å². The molecule has 0 atom stereocenters. The lowest BCUT2D eigenvalue weighted by molar-refractivity contribution is -0.676. The molecule has 0 saturated heterocycles. The molecule has 0 fully saturated rings. The first-order chi connectivity index (χ1) is 8.58. The van der Waals surface area contributed by atoms with Gasteiger partial charge in [0, 0.05) is 13.0 Å². The predicted octanol–water partition coefficient (Wildman–Crippen LogP) is 1.22. The molecule has 96 valence electrons. The van der Waals surface area contributed by atoms with Crippen LogP contribution in [0.2, 0.25) is 5.02 Å². The van der Waals surface area contributed by atoms with Crippen LogP contribution in [0.3, 0.4) is 0 Å². The maximum absolute atomic E-state index is 11.3. The second kappa shape index (κ2) is 4.73. The van der Waals surface area contributed by atoms with Gasteiger partial charge < -0.3 is 9.47 Å². The monoisotopic (exact) mass is 271 g/mol. The van der Waals surface area contributed by atoms with Crippen LogP contribution in [0.15, 0.2) is 21.5 Å². The zero-order valence-corrected chi connectivity index (χ0v) is 10.9. The van der Waals surface area contributed by atoms with Crippen LogP contribution in [0.25, 0.3) is 5.69 Å². The van der Waals surface area contributed by atoms with Gasteiger partial charge in [-0.2, -0.15) is 0 Å². The molecule has 1 aromatic heterocycles. The fraction of sp³-hybridized carbons (Fsp3) is 0.273. The van der Waals surface area contributed by atoms with E-state index in [4.69, 9.17) is 25.6 Å². The molecule has 1 N–H and O–H groups in total. The summed E-state index contributed by atoms with van der Waals surface area (Å²) in [6, 6.07) is 3.26. The lowest BCUT2D eigenvalue weighted by atomic mass is 10.2. The Labute approximate surface area is 108 Å². The number of halogens is 1. The summed E-state index contributed by atoms with van der Waals surface area (Å²) in [5, 5.41) is 2.90. The molecule has 0 radical (unpaired) electrons. The van der Waals surface area contributed by atoms with Gasteiger partial charge in [-0.1, -0.05) is 11.6 Å². The summed E-state index contributed by atoms with van der Waals surface area (Å²) < 4.78 is 16.5. The number of nitrogens with one attached hydrogen (secondary N) is 1. The first-order valence-corrected chi connectivity index (χ1v) is 5.48. The van der Waals surface area contributed by atoms with Crippen molar-refractivity contribution in [2.75, 3.05) is 14.2 Å². The molecule has 0 amide bonds. The van der Waals surface area contributed by atoms with Crippen LogP contribution in [0.5, 0.6) is 11.5 Å². The van der Waals surface area contributed by atoms with Crippen LogP contribution in [-0.4, -0.2) is 19.5 Å². The molecule has 0 aliphatic rings. The molecule has 18 heavy (non-hydrogen) atoms. The highest BCUT2D eigenvalue weighted by Gasteiger charge is 2.25. The predicted molar refractivity (Wildman–Crippen MR) is 63.7 cm³/mol. The number of methoxy groups -OCH3 is 2. The van der Waals surface area contributed by atoms with Gasteiger partial charge >= 0.3 is 5.63 Å². The molecular formula is C11H12ClN2O4+. The Morgan fingerprint density at radius 1 is 1.28 bits per heavy atom. The van der Waals surface area contributed by atoms with E-state index in [1.165, 1.54) is 18.9 Å². The number of aromatic amines is 1. The van der Waals surface area contributed by atoms with Gasteiger partial charge in [-0.05, 0) is 9.95 Å². The van der Waals surface area contributed by atoms with Gasteiger partial charge in [-0.25, -0.2) is 4.79 Å². The standard InChI is InChI=1S/C11H11ClN2O4/c1-6-11(15)18-13-14(6)8-5-9(16-2)7(12)4-10(8)17-3/h4-5H,1-3H3/p+1. The number of ether oxygens (including phenoxy) is 2. The summed E-state index contributed by atoms with van der Waals surface area (Å²) in [6.45, 7) is 1.63. The quantitative estimate of drug-likeness (QED) is 0.853. The topological polar surface area (TPSA) is 68.3 Å². The van der Waals surface area contributed by atoms with E-state index in [9.17, 15) is 4.79 Å². The summed E-state index contributed by atoms with van der Waals surface area (Å²) in [4.78, 5) is 11.3.